The number of hydrogen-bond donors (Lipinski definition) is 0. The first-order valence-electron chi connectivity index (χ1n) is 15.1. The van der Waals surface area contributed by atoms with Gasteiger partial charge >= 0.3 is 5.97 Å². The maximum absolute atomic E-state index is 12.4. The van der Waals surface area contributed by atoms with Crippen LogP contribution >= 0.6 is 0 Å². The van der Waals surface area contributed by atoms with E-state index in [0.717, 1.165) is 51.9 Å². The molecular formula is C31H54N2O4. The van der Waals surface area contributed by atoms with Crippen LogP contribution in [0, 0.1) is 28.6 Å². The number of allylic oxidation sites excluding steroid dienone is 1. The van der Waals surface area contributed by atoms with Crippen molar-refractivity contribution < 1.29 is 19.0 Å². The third-order valence-electron chi connectivity index (χ3n) is 10.4. The smallest absolute Gasteiger partial charge is 0.320 e. The molecule has 3 saturated carbocycles. The van der Waals surface area contributed by atoms with Gasteiger partial charge in [0, 0.05) is 11.3 Å². The summed E-state index contributed by atoms with van der Waals surface area (Å²) in [7, 11) is 4.21. The Morgan fingerprint density at radius 3 is 2.54 bits per heavy atom. The van der Waals surface area contributed by atoms with Crippen LogP contribution in [0.25, 0.3) is 0 Å². The number of carbonyl (C=O) groups is 1. The SMILES string of the molecule is C=C1CCC2[C@]3(C)CO[C@@H](C4CCCC4)O[C@@H]3CC[C@@]2(C)[C@@H]1CCN(CCCN(C)C)CC(=O)OCC. The molecule has 6 atom stereocenters. The van der Waals surface area contributed by atoms with Gasteiger partial charge in [-0.3, -0.25) is 9.69 Å². The Labute approximate surface area is 226 Å². The fourth-order valence-corrected chi connectivity index (χ4v) is 8.44. The molecule has 1 unspecified atom stereocenters. The van der Waals surface area contributed by atoms with Crippen LogP contribution in [0.3, 0.4) is 0 Å². The highest BCUT2D eigenvalue weighted by Crippen LogP contribution is 2.63. The molecule has 3 aliphatic carbocycles. The quantitative estimate of drug-likeness (QED) is 0.265. The van der Waals surface area contributed by atoms with Crippen LogP contribution in [-0.2, 0) is 19.0 Å². The van der Waals surface area contributed by atoms with Crippen molar-refractivity contribution in [1.29, 1.82) is 0 Å². The van der Waals surface area contributed by atoms with Crippen molar-refractivity contribution in [2.75, 3.05) is 53.5 Å². The Kier molecular flexibility index (Phi) is 9.80. The van der Waals surface area contributed by atoms with Gasteiger partial charge in [-0.1, -0.05) is 38.8 Å². The highest BCUT2D eigenvalue weighted by Gasteiger charge is 2.60. The van der Waals surface area contributed by atoms with Crippen molar-refractivity contribution in [2.24, 2.45) is 28.6 Å². The van der Waals surface area contributed by atoms with Gasteiger partial charge in [-0.25, -0.2) is 0 Å². The van der Waals surface area contributed by atoms with Gasteiger partial charge < -0.3 is 19.1 Å². The van der Waals surface area contributed by atoms with Gasteiger partial charge in [-0.05, 0) is 109 Å². The standard InChI is InChI=1S/C31H54N2O4/c1-7-35-28(34)21-33(19-10-18-32(5)6)20-16-25-23(2)13-14-26-30(25,3)17-15-27-31(26,4)22-36-29(37-27)24-11-8-9-12-24/h24-27,29H,2,7-22H2,1,3-6H3/t25-,26?,27-,29-,30+,31+/m1/s1. The van der Waals surface area contributed by atoms with Crippen molar-refractivity contribution in [2.45, 2.75) is 97.4 Å². The molecule has 1 saturated heterocycles. The molecule has 37 heavy (non-hydrogen) atoms. The molecule has 0 spiro atoms. The second-order valence-corrected chi connectivity index (χ2v) is 13.2. The van der Waals surface area contributed by atoms with E-state index >= 15 is 0 Å². The normalized spacial score (nSPS) is 36.6. The molecule has 4 rings (SSSR count). The number of hydrogen-bond acceptors (Lipinski definition) is 6. The van der Waals surface area contributed by atoms with E-state index in [9.17, 15) is 4.79 Å². The summed E-state index contributed by atoms with van der Waals surface area (Å²) in [4.78, 5) is 16.9. The van der Waals surface area contributed by atoms with E-state index in [1.807, 2.05) is 6.92 Å². The van der Waals surface area contributed by atoms with E-state index < -0.39 is 0 Å². The lowest BCUT2D eigenvalue weighted by Crippen LogP contribution is -2.62. The third kappa shape index (κ3) is 6.45. The van der Waals surface area contributed by atoms with Crippen LogP contribution in [0.15, 0.2) is 12.2 Å². The fourth-order valence-electron chi connectivity index (χ4n) is 8.44. The molecule has 0 radical (unpaired) electrons. The number of esters is 1. The van der Waals surface area contributed by atoms with Crippen molar-refractivity contribution in [3.63, 3.8) is 0 Å². The van der Waals surface area contributed by atoms with E-state index in [1.165, 1.54) is 44.1 Å². The van der Waals surface area contributed by atoms with Gasteiger partial charge in [0.2, 0.25) is 0 Å². The lowest BCUT2D eigenvalue weighted by atomic mass is 9.46. The molecule has 0 aromatic carbocycles. The number of nitrogens with zero attached hydrogens (tertiary/aromatic N) is 2. The van der Waals surface area contributed by atoms with Crippen LogP contribution in [0.5, 0.6) is 0 Å². The molecule has 1 aliphatic heterocycles. The lowest BCUT2D eigenvalue weighted by Gasteiger charge is -2.63. The predicted octanol–water partition coefficient (Wildman–Crippen LogP) is 5.51. The van der Waals surface area contributed by atoms with Crippen molar-refractivity contribution in [3.05, 3.63) is 12.2 Å². The highest BCUT2D eigenvalue weighted by atomic mass is 16.7. The average Bonchev–Trinajstić information content (AvgIpc) is 3.37. The van der Waals surface area contributed by atoms with E-state index in [4.69, 9.17) is 14.2 Å². The number of rotatable bonds is 11. The van der Waals surface area contributed by atoms with Gasteiger partial charge in [0.25, 0.3) is 0 Å². The van der Waals surface area contributed by atoms with Crippen LogP contribution < -0.4 is 0 Å². The highest BCUT2D eigenvalue weighted by molar-refractivity contribution is 5.71. The Hall–Kier alpha value is -0.950. The third-order valence-corrected chi connectivity index (χ3v) is 10.4. The largest absolute Gasteiger partial charge is 0.465 e. The summed E-state index contributed by atoms with van der Waals surface area (Å²) in [6.07, 6.45) is 12.2. The summed E-state index contributed by atoms with van der Waals surface area (Å²) in [6.45, 7) is 16.0. The molecule has 212 valence electrons. The van der Waals surface area contributed by atoms with Gasteiger partial charge in [-0.15, -0.1) is 0 Å². The molecule has 0 N–H and O–H groups in total. The molecule has 0 bridgehead atoms. The molecule has 0 amide bonds. The van der Waals surface area contributed by atoms with Crippen molar-refractivity contribution in [3.8, 4) is 0 Å². The summed E-state index contributed by atoms with van der Waals surface area (Å²) < 4.78 is 18.6. The summed E-state index contributed by atoms with van der Waals surface area (Å²) in [5, 5.41) is 0. The molecule has 4 aliphatic rings. The molecule has 4 fully saturated rings. The maximum atomic E-state index is 12.4. The van der Waals surface area contributed by atoms with E-state index in [1.54, 1.807) is 0 Å². The fraction of sp³-hybridized carbons (Fsp3) is 0.903. The zero-order valence-corrected chi connectivity index (χ0v) is 24.4. The summed E-state index contributed by atoms with van der Waals surface area (Å²) in [5.41, 5.74) is 1.68. The first-order chi connectivity index (χ1) is 17.7. The maximum Gasteiger partial charge on any atom is 0.320 e. The lowest BCUT2D eigenvalue weighted by molar-refractivity contribution is -0.316. The van der Waals surface area contributed by atoms with E-state index in [-0.39, 0.29) is 23.1 Å². The van der Waals surface area contributed by atoms with Crippen LogP contribution in [0.2, 0.25) is 0 Å². The minimum absolute atomic E-state index is 0.0119. The summed E-state index contributed by atoms with van der Waals surface area (Å²) >= 11 is 0. The second-order valence-electron chi connectivity index (χ2n) is 13.2. The predicted molar refractivity (Wildman–Crippen MR) is 148 cm³/mol. The molecule has 0 aromatic heterocycles. The molecule has 6 nitrogen and oxygen atoms in total. The van der Waals surface area contributed by atoms with Gasteiger partial charge in [-0.2, -0.15) is 0 Å². The molecule has 1 heterocycles. The van der Waals surface area contributed by atoms with Gasteiger partial charge in [0.1, 0.15) is 0 Å². The first kappa shape index (κ1) is 29.0. The Balaban J connectivity index is 1.43. The molecule has 6 heteroatoms. The topological polar surface area (TPSA) is 51.2 Å². The molecular weight excluding hydrogens is 464 g/mol. The van der Waals surface area contributed by atoms with Crippen LogP contribution in [-0.4, -0.2) is 81.7 Å². The Bertz CT molecular complexity index is 781. The Morgan fingerprint density at radius 1 is 1.08 bits per heavy atom. The zero-order valence-electron chi connectivity index (χ0n) is 24.4. The molecule has 0 aromatic rings. The Morgan fingerprint density at radius 2 is 1.84 bits per heavy atom. The van der Waals surface area contributed by atoms with Crippen molar-refractivity contribution >= 4 is 5.97 Å². The summed E-state index contributed by atoms with van der Waals surface area (Å²) in [5.74, 6) is 1.52. The van der Waals surface area contributed by atoms with E-state index in [2.05, 4.69) is 44.3 Å². The van der Waals surface area contributed by atoms with E-state index in [0.29, 0.717) is 37.0 Å². The van der Waals surface area contributed by atoms with Crippen LogP contribution in [0.1, 0.15) is 85.0 Å². The van der Waals surface area contributed by atoms with Crippen molar-refractivity contribution in [1.82, 2.24) is 9.80 Å². The number of ether oxygens (including phenoxy) is 3. The monoisotopic (exact) mass is 518 g/mol. The van der Waals surface area contributed by atoms with Crippen LogP contribution in [0.4, 0.5) is 0 Å². The first-order valence-corrected chi connectivity index (χ1v) is 15.1. The summed E-state index contributed by atoms with van der Waals surface area (Å²) in [6, 6.07) is 0. The zero-order chi connectivity index (χ0) is 26.6. The minimum Gasteiger partial charge on any atom is -0.465 e. The van der Waals surface area contributed by atoms with Gasteiger partial charge in [0.15, 0.2) is 6.29 Å². The second kappa shape index (κ2) is 12.5. The average molecular weight is 519 g/mol. The number of carbonyl (C=O) groups excluding carboxylic acids is 1. The van der Waals surface area contributed by atoms with Gasteiger partial charge in [0.05, 0.1) is 25.9 Å². The minimum atomic E-state index is -0.111. The number of fused-ring (bicyclic) bond motifs is 3.